The molecule has 0 radical (unpaired) electrons. The van der Waals surface area contributed by atoms with Gasteiger partial charge < -0.3 is 24.4 Å². The van der Waals surface area contributed by atoms with Gasteiger partial charge in [-0.1, -0.05) is 12.1 Å². The molecule has 0 bridgehead atoms. The zero-order chi connectivity index (χ0) is 18.6. The van der Waals surface area contributed by atoms with E-state index < -0.39 is 0 Å². The molecular weight excluding hydrogens is 330 g/mol. The molecule has 1 aromatic carbocycles. The number of methoxy groups -OCH3 is 1. The molecule has 1 aliphatic rings. The largest absolute Gasteiger partial charge is 0.497 e. The van der Waals surface area contributed by atoms with Crippen molar-refractivity contribution in [2.24, 2.45) is 4.99 Å². The maximum atomic E-state index is 5.91. The fourth-order valence-corrected chi connectivity index (χ4v) is 2.89. The number of rotatable bonds is 9. The lowest BCUT2D eigenvalue weighted by Crippen LogP contribution is -2.38. The average molecular weight is 364 g/mol. The second-order valence-corrected chi connectivity index (χ2v) is 6.48. The van der Waals surface area contributed by atoms with Crippen molar-refractivity contribution in [3.63, 3.8) is 0 Å². The molecule has 1 saturated heterocycles. The number of aliphatic imine (C=N–C) groups is 1. The van der Waals surface area contributed by atoms with Crippen molar-refractivity contribution >= 4 is 5.96 Å². The molecule has 1 heterocycles. The quantitative estimate of drug-likeness (QED) is 0.415. The van der Waals surface area contributed by atoms with Crippen molar-refractivity contribution in [2.45, 2.75) is 38.8 Å². The summed E-state index contributed by atoms with van der Waals surface area (Å²) in [4.78, 5) is 6.87. The molecule has 26 heavy (non-hydrogen) atoms. The second-order valence-electron chi connectivity index (χ2n) is 6.48. The first-order chi connectivity index (χ1) is 12.7. The van der Waals surface area contributed by atoms with Gasteiger partial charge in [-0.2, -0.15) is 0 Å². The van der Waals surface area contributed by atoms with E-state index in [1.54, 1.807) is 7.11 Å². The molecule has 0 amide bonds. The van der Waals surface area contributed by atoms with Crippen LogP contribution in [0.5, 0.6) is 5.75 Å². The van der Waals surface area contributed by atoms with Gasteiger partial charge in [0.1, 0.15) is 5.75 Å². The number of nitrogens with zero attached hydrogens (tertiary/aromatic N) is 2. The van der Waals surface area contributed by atoms with Gasteiger partial charge in [0.25, 0.3) is 0 Å². The molecule has 0 spiro atoms. The summed E-state index contributed by atoms with van der Waals surface area (Å²) in [6.45, 7) is 6.91. The average Bonchev–Trinajstić information content (AvgIpc) is 2.68. The Morgan fingerprint density at radius 3 is 2.65 bits per heavy atom. The van der Waals surface area contributed by atoms with Crippen molar-refractivity contribution in [1.29, 1.82) is 0 Å². The minimum Gasteiger partial charge on any atom is -0.497 e. The van der Waals surface area contributed by atoms with E-state index >= 15 is 0 Å². The van der Waals surface area contributed by atoms with Gasteiger partial charge in [0.05, 0.1) is 13.2 Å². The molecule has 0 saturated carbocycles. The smallest absolute Gasteiger partial charge is 0.193 e. The lowest BCUT2D eigenvalue weighted by molar-refractivity contribution is -0.0318. The fraction of sp³-hybridized carbons (Fsp3) is 0.650. The SMILES string of the molecule is CCNC(=NCCCOC1CCOCC1)N(C)Cc1ccc(OC)cc1. The van der Waals surface area contributed by atoms with E-state index in [2.05, 4.69) is 36.3 Å². The van der Waals surface area contributed by atoms with E-state index in [1.165, 1.54) is 5.56 Å². The van der Waals surface area contributed by atoms with Crippen LogP contribution in [0, 0.1) is 0 Å². The summed E-state index contributed by atoms with van der Waals surface area (Å²) in [7, 11) is 3.74. The third-order valence-electron chi connectivity index (χ3n) is 4.36. The van der Waals surface area contributed by atoms with Crippen LogP contribution in [0.1, 0.15) is 31.7 Å². The summed E-state index contributed by atoms with van der Waals surface area (Å²) < 4.78 is 16.5. The molecule has 6 nitrogen and oxygen atoms in total. The van der Waals surface area contributed by atoms with E-state index in [0.29, 0.717) is 6.10 Å². The van der Waals surface area contributed by atoms with Crippen LogP contribution in [-0.2, 0) is 16.0 Å². The van der Waals surface area contributed by atoms with E-state index in [9.17, 15) is 0 Å². The van der Waals surface area contributed by atoms with Crippen molar-refractivity contribution in [2.75, 3.05) is 47.1 Å². The molecule has 146 valence electrons. The Balaban J connectivity index is 1.76. The standard InChI is InChI=1S/C20H33N3O3/c1-4-21-20(22-12-5-13-26-19-10-14-25-15-11-19)23(2)16-17-6-8-18(24-3)9-7-17/h6-9,19H,4-5,10-16H2,1-3H3,(H,21,22). The Morgan fingerprint density at radius 1 is 1.27 bits per heavy atom. The van der Waals surface area contributed by atoms with Crippen LogP contribution in [0.15, 0.2) is 29.3 Å². The van der Waals surface area contributed by atoms with Crippen LogP contribution in [-0.4, -0.2) is 64.0 Å². The molecule has 1 aliphatic heterocycles. The molecule has 1 fully saturated rings. The van der Waals surface area contributed by atoms with Gasteiger partial charge in [-0.15, -0.1) is 0 Å². The first-order valence-electron chi connectivity index (χ1n) is 9.54. The van der Waals surface area contributed by atoms with Gasteiger partial charge in [-0.3, -0.25) is 4.99 Å². The normalized spacial score (nSPS) is 15.7. The summed E-state index contributed by atoms with van der Waals surface area (Å²) in [5.74, 6) is 1.80. The minimum absolute atomic E-state index is 0.360. The summed E-state index contributed by atoms with van der Waals surface area (Å²) in [6, 6.07) is 8.14. The number of benzene rings is 1. The summed E-state index contributed by atoms with van der Waals surface area (Å²) in [5.41, 5.74) is 1.22. The maximum absolute atomic E-state index is 5.91. The van der Waals surface area contributed by atoms with Gasteiger partial charge in [-0.05, 0) is 43.9 Å². The molecule has 0 aromatic heterocycles. The third-order valence-corrected chi connectivity index (χ3v) is 4.36. The van der Waals surface area contributed by atoms with Gasteiger partial charge in [0.15, 0.2) is 5.96 Å². The monoisotopic (exact) mass is 363 g/mol. The van der Waals surface area contributed by atoms with E-state index in [0.717, 1.165) is 70.4 Å². The Bertz CT molecular complexity index is 528. The molecule has 6 heteroatoms. The predicted molar refractivity (Wildman–Crippen MR) is 105 cm³/mol. The van der Waals surface area contributed by atoms with Crippen LogP contribution >= 0.6 is 0 Å². The first-order valence-corrected chi connectivity index (χ1v) is 9.54. The first kappa shape index (κ1) is 20.5. The maximum Gasteiger partial charge on any atom is 0.193 e. The van der Waals surface area contributed by atoms with Crippen LogP contribution in [0.2, 0.25) is 0 Å². The molecule has 0 unspecified atom stereocenters. The highest BCUT2D eigenvalue weighted by molar-refractivity contribution is 5.79. The Morgan fingerprint density at radius 2 is 2.00 bits per heavy atom. The lowest BCUT2D eigenvalue weighted by Gasteiger charge is -2.23. The topological polar surface area (TPSA) is 55.3 Å². The van der Waals surface area contributed by atoms with Gasteiger partial charge in [0, 0.05) is 46.5 Å². The Kier molecular flexibility index (Phi) is 9.28. The van der Waals surface area contributed by atoms with Crippen LogP contribution in [0.3, 0.4) is 0 Å². The zero-order valence-electron chi connectivity index (χ0n) is 16.4. The second kappa shape index (κ2) is 11.8. The Labute approximate surface area is 157 Å². The zero-order valence-corrected chi connectivity index (χ0v) is 16.4. The van der Waals surface area contributed by atoms with E-state index in [4.69, 9.17) is 19.2 Å². The number of ether oxygens (including phenoxy) is 3. The number of hydrogen-bond acceptors (Lipinski definition) is 4. The van der Waals surface area contributed by atoms with Crippen molar-refractivity contribution < 1.29 is 14.2 Å². The van der Waals surface area contributed by atoms with Gasteiger partial charge >= 0.3 is 0 Å². The summed E-state index contributed by atoms with van der Waals surface area (Å²) >= 11 is 0. The van der Waals surface area contributed by atoms with Crippen LogP contribution in [0.4, 0.5) is 0 Å². The molecule has 2 rings (SSSR count). The lowest BCUT2D eigenvalue weighted by atomic mass is 10.1. The molecule has 0 atom stereocenters. The highest BCUT2D eigenvalue weighted by Gasteiger charge is 2.13. The highest BCUT2D eigenvalue weighted by Crippen LogP contribution is 2.13. The molecular formula is C20H33N3O3. The van der Waals surface area contributed by atoms with Crippen molar-refractivity contribution in [3.8, 4) is 5.75 Å². The number of nitrogens with one attached hydrogen (secondary N) is 1. The van der Waals surface area contributed by atoms with E-state index in [-0.39, 0.29) is 0 Å². The van der Waals surface area contributed by atoms with Gasteiger partial charge in [0.2, 0.25) is 0 Å². The number of guanidine groups is 1. The summed E-state index contributed by atoms with van der Waals surface area (Å²) in [5, 5.41) is 3.36. The minimum atomic E-state index is 0.360. The third kappa shape index (κ3) is 7.22. The Hall–Kier alpha value is -1.79. The predicted octanol–water partition coefficient (Wildman–Crippen LogP) is 2.68. The number of hydrogen-bond donors (Lipinski definition) is 1. The molecule has 1 N–H and O–H groups in total. The highest BCUT2D eigenvalue weighted by atomic mass is 16.5. The van der Waals surface area contributed by atoms with Crippen molar-refractivity contribution in [1.82, 2.24) is 10.2 Å². The molecule has 0 aliphatic carbocycles. The summed E-state index contributed by atoms with van der Waals surface area (Å²) in [6.07, 6.45) is 3.31. The van der Waals surface area contributed by atoms with Gasteiger partial charge in [-0.25, -0.2) is 0 Å². The van der Waals surface area contributed by atoms with E-state index in [1.807, 2.05) is 12.1 Å². The van der Waals surface area contributed by atoms with Crippen LogP contribution in [0.25, 0.3) is 0 Å². The fourth-order valence-electron chi connectivity index (χ4n) is 2.89. The van der Waals surface area contributed by atoms with Crippen LogP contribution < -0.4 is 10.1 Å². The van der Waals surface area contributed by atoms with Crippen molar-refractivity contribution in [3.05, 3.63) is 29.8 Å². The molecule has 1 aromatic rings.